The first kappa shape index (κ1) is 23.6. The molecule has 178 valence electrons. The number of hydrogen-bond donors (Lipinski definition) is 2. The number of carboxylic acid groups (broad SMARTS) is 1. The number of aryl methyl sites for hydroxylation is 1. The van der Waals surface area contributed by atoms with Crippen LogP contribution in [-0.4, -0.2) is 85.5 Å². The summed E-state index contributed by atoms with van der Waals surface area (Å²) in [6.45, 7) is 4.80. The van der Waals surface area contributed by atoms with E-state index in [1.165, 1.54) is 16.7 Å². The fourth-order valence-electron chi connectivity index (χ4n) is 3.60. The summed E-state index contributed by atoms with van der Waals surface area (Å²) in [5, 5.41) is 13.1. The van der Waals surface area contributed by atoms with Crippen LogP contribution < -0.4 is 10.1 Å². The molecule has 0 aliphatic carbocycles. The Labute approximate surface area is 201 Å². The molecule has 0 spiro atoms. The van der Waals surface area contributed by atoms with Crippen LogP contribution in [0.3, 0.4) is 0 Å². The highest BCUT2D eigenvalue weighted by molar-refractivity contribution is 7.98. The van der Waals surface area contributed by atoms with Crippen LogP contribution in [0.15, 0.2) is 35.7 Å². The first-order valence-electron chi connectivity index (χ1n) is 10.7. The smallest absolute Gasteiger partial charge is 0.407 e. The summed E-state index contributed by atoms with van der Waals surface area (Å²) in [7, 11) is 1.57. The minimum absolute atomic E-state index is 0.490. The number of pyridine rings is 2. The molecule has 0 atom stereocenters. The van der Waals surface area contributed by atoms with Crippen molar-refractivity contribution in [2.45, 2.75) is 18.6 Å². The molecule has 0 unspecified atom stereocenters. The van der Waals surface area contributed by atoms with Gasteiger partial charge in [-0.2, -0.15) is 0 Å². The van der Waals surface area contributed by atoms with E-state index in [0.717, 1.165) is 16.8 Å². The van der Waals surface area contributed by atoms with Crippen LogP contribution in [-0.2, 0) is 6.54 Å². The highest BCUT2D eigenvalue weighted by atomic mass is 32.2. The molecule has 0 saturated carbocycles. The zero-order valence-electron chi connectivity index (χ0n) is 19.2. The number of ether oxygens (including phenoxy) is 1. The second-order valence-electron chi connectivity index (χ2n) is 7.69. The van der Waals surface area contributed by atoms with Crippen LogP contribution in [0.2, 0.25) is 0 Å². The molecule has 4 rings (SSSR count). The monoisotopic (exact) mass is 482 g/mol. The van der Waals surface area contributed by atoms with Gasteiger partial charge in [0.25, 0.3) is 0 Å². The fraction of sp³-hybridized carbons (Fsp3) is 0.364. The van der Waals surface area contributed by atoms with Crippen molar-refractivity contribution in [3.05, 3.63) is 42.0 Å². The minimum atomic E-state index is -0.873. The normalized spacial score (nSPS) is 14.1. The van der Waals surface area contributed by atoms with Crippen molar-refractivity contribution >= 4 is 29.4 Å². The maximum atomic E-state index is 11.2. The average Bonchev–Trinajstić information content (AvgIpc) is 2.85. The van der Waals surface area contributed by atoms with E-state index in [9.17, 15) is 9.90 Å². The number of hydrogen-bond acceptors (Lipinski definition) is 10. The van der Waals surface area contributed by atoms with Crippen molar-refractivity contribution in [1.82, 2.24) is 34.7 Å². The van der Waals surface area contributed by atoms with Gasteiger partial charge in [-0.1, -0.05) is 11.8 Å². The van der Waals surface area contributed by atoms with E-state index in [2.05, 4.69) is 35.1 Å². The van der Waals surface area contributed by atoms with Gasteiger partial charge < -0.3 is 20.1 Å². The van der Waals surface area contributed by atoms with Crippen molar-refractivity contribution in [2.24, 2.45) is 0 Å². The summed E-state index contributed by atoms with van der Waals surface area (Å²) in [6.07, 6.45) is 4.54. The number of rotatable bonds is 7. The van der Waals surface area contributed by atoms with E-state index in [4.69, 9.17) is 4.74 Å². The number of nitrogens with one attached hydrogen (secondary N) is 1. The summed E-state index contributed by atoms with van der Waals surface area (Å²) < 4.78 is 5.13. The van der Waals surface area contributed by atoms with Crippen LogP contribution in [0.5, 0.6) is 5.88 Å². The standard InChI is InChI=1S/C22H26N8O3S/c1-14-25-20(28-21(26-14)34-3)17-10-15(13-29-6-8-30(9-7-29)22(31)32)11-24-19(17)27-16-4-5-18(33-2)23-12-16/h4-5,10-12H,6-9,13H2,1-3H3,(H,24,27)(H,31,32). The highest BCUT2D eigenvalue weighted by Crippen LogP contribution is 2.29. The van der Waals surface area contributed by atoms with E-state index in [1.54, 1.807) is 19.4 Å². The predicted octanol–water partition coefficient (Wildman–Crippen LogP) is 2.91. The molecule has 0 bridgehead atoms. The van der Waals surface area contributed by atoms with Crippen molar-refractivity contribution in [3.63, 3.8) is 0 Å². The Hall–Kier alpha value is -3.51. The summed E-state index contributed by atoms with van der Waals surface area (Å²) in [4.78, 5) is 37.3. The van der Waals surface area contributed by atoms with Gasteiger partial charge in [0.15, 0.2) is 11.0 Å². The second-order valence-corrected chi connectivity index (χ2v) is 8.47. The number of nitrogens with zero attached hydrogens (tertiary/aromatic N) is 7. The van der Waals surface area contributed by atoms with Gasteiger partial charge in [-0.25, -0.2) is 29.7 Å². The van der Waals surface area contributed by atoms with Gasteiger partial charge >= 0.3 is 6.09 Å². The van der Waals surface area contributed by atoms with Gasteiger partial charge in [0.05, 0.1) is 24.6 Å². The number of thioether (sulfide) groups is 1. The largest absolute Gasteiger partial charge is 0.481 e. The number of amides is 1. The Morgan fingerprint density at radius 1 is 1.15 bits per heavy atom. The molecule has 1 aliphatic rings. The fourth-order valence-corrected chi connectivity index (χ4v) is 4.00. The number of carbonyl (C=O) groups is 1. The summed E-state index contributed by atoms with van der Waals surface area (Å²) in [5.74, 6) is 2.28. The topological polar surface area (TPSA) is 129 Å². The maximum Gasteiger partial charge on any atom is 0.407 e. The average molecular weight is 483 g/mol. The third-order valence-electron chi connectivity index (χ3n) is 5.35. The molecule has 11 nitrogen and oxygen atoms in total. The van der Waals surface area contributed by atoms with Gasteiger partial charge in [-0.05, 0) is 30.9 Å². The van der Waals surface area contributed by atoms with Gasteiger partial charge in [0.1, 0.15) is 11.6 Å². The lowest BCUT2D eigenvalue weighted by Gasteiger charge is -2.33. The minimum Gasteiger partial charge on any atom is -0.481 e. The Morgan fingerprint density at radius 2 is 1.94 bits per heavy atom. The Bertz CT molecular complexity index is 1150. The van der Waals surface area contributed by atoms with E-state index >= 15 is 0 Å². The van der Waals surface area contributed by atoms with Crippen LogP contribution in [0, 0.1) is 6.92 Å². The SMILES string of the molecule is COc1ccc(Nc2ncc(CN3CCN(C(=O)O)CC3)cc2-c2nc(C)nc(SC)n2)cn1. The van der Waals surface area contributed by atoms with E-state index in [0.29, 0.717) is 61.2 Å². The van der Waals surface area contributed by atoms with E-state index in [-0.39, 0.29) is 0 Å². The quantitative estimate of drug-likeness (QED) is 0.482. The Balaban J connectivity index is 1.63. The zero-order valence-corrected chi connectivity index (χ0v) is 20.0. The molecule has 3 aromatic heterocycles. The van der Waals surface area contributed by atoms with Crippen molar-refractivity contribution in [3.8, 4) is 17.3 Å². The lowest BCUT2D eigenvalue weighted by molar-refractivity contribution is 0.103. The first-order valence-corrected chi connectivity index (χ1v) is 11.9. The summed E-state index contributed by atoms with van der Waals surface area (Å²) >= 11 is 1.45. The summed E-state index contributed by atoms with van der Waals surface area (Å²) in [5.41, 5.74) is 2.49. The molecule has 0 radical (unpaired) electrons. The van der Waals surface area contributed by atoms with E-state index in [1.807, 2.05) is 31.5 Å². The van der Waals surface area contributed by atoms with Crippen molar-refractivity contribution in [1.29, 1.82) is 0 Å². The highest BCUT2D eigenvalue weighted by Gasteiger charge is 2.21. The van der Waals surface area contributed by atoms with E-state index < -0.39 is 6.09 Å². The van der Waals surface area contributed by atoms with Gasteiger partial charge in [0, 0.05) is 45.0 Å². The lowest BCUT2D eigenvalue weighted by atomic mass is 10.1. The third-order valence-corrected chi connectivity index (χ3v) is 5.90. The Morgan fingerprint density at radius 3 is 2.59 bits per heavy atom. The van der Waals surface area contributed by atoms with Crippen LogP contribution in [0.4, 0.5) is 16.3 Å². The first-order chi connectivity index (χ1) is 16.4. The van der Waals surface area contributed by atoms with Gasteiger partial charge in [0.2, 0.25) is 5.88 Å². The lowest BCUT2D eigenvalue weighted by Crippen LogP contribution is -2.47. The molecular formula is C22H26N8O3S. The van der Waals surface area contributed by atoms with Crippen LogP contribution in [0.25, 0.3) is 11.4 Å². The molecule has 1 amide bonds. The van der Waals surface area contributed by atoms with Crippen LogP contribution >= 0.6 is 11.8 Å². The zero-order chi connectivity index (χ0) is 24.1. The molecule has 1 aliphatic heterocycles. The molecular weight excluding hydrogens is 456 g/mol. The molecule has 0 aromatic carbocycles. The van der Waals surface area contributed by atoms with Crippen molar-refractivity contribution in [2.75, 3.05) is 44.9 Å². The molecule has 1 fully saturated rings. The maximum absolute atomic E-state index is 11.2. The van der Waals surface area contributed by atoms with Crippen molar-refractivity contribution < 1.29 is 14.6 Å². The molecule has 34 heavy (non-hydrogen) atoms. The second kappa shape index (κ2) is 10.6. The summed E-state index contributed by atoms with van der Waals surface area (Å²) in [6, 6.07) is 5.65. The third kappa shape index (κ3) is 5.69. The van der Waals surface area contributed by atoms with Gasteiger partial charge in [-0.3, -0.25) is 4.90 Å². The number of piperazine rings is 1. The molecule has 4 heterocycles. The Kier molecular flexibility index (Phi) is 7.38. The molecule has 1 saturated heterocycles. The van der Waals surface area contributed by atoms with Crippen LogP contribution in [0.1, 0.15) is 11.4 Å². The number of methoxy groups -OCH3 is 1. The molecule has 2 N–H and O–H groups in total. The number of anilines is 2. The predicted molar refractivity (Wildman–Crippen MR) is 129 cm³/mol. The molecule has 12 heteroatoms. The molecule has 3 aromatic rings. The number of aromatic nitrogens is 5. The van der Waals surface area contributed by atoms with Gasteiger partial charge in [-0.15, -0.1) is 0 Å².